The lowest BCUT2D eigenvalue weighted by atomic mass is 9.85. The molecule has 0 amide bonds. The van der Waals surface area contributed by atoms with Gasteiger partial charge in [0.1, 0.15) is 0 Å². The Hall–Kier alpha value is -0.0400. The van der Waals surface area contributed by atoms with Crippen LogP contribution in [0.5, 0.6) is 0 Å². The minimum Gasteiger partial charge on any atom is -0.314 e. The molecule has 0 saturated carbocycles. The highest BCUT2D eigenvalue weighted by Crippen LogP contribution is 2.21. The average Bonchev–Trinajstić information content (AvgIpc) is 2.10. The Morgan fingerprint density at radius 3 is 2.00 bits per heavy atom. The Labute approximate surface area is 84.3 Å². The van der Waals surface area contributed by atoms with Crippen LogP contribution in [-0.2, 0) is 0 Å². The summed E-state index contributed by atoms with van der Waals surface area (Å²) >= 11 is 0. The van der Waals surface area contributed by atoms with Crippen molar-refractivity contribution in [3.8, 4) is 0 Å². The molecule has 0 aromatic heterocycles. The molecule has 0 heterocycles. The molecule has 0 radical (unpaired) electrons. The third-order valence-electron chi connectivity index (χ3n) is 2.85. The first-order chi connectivity index (χ1) is 6.17. The molecule has 0 aliphatic rings. The standard InChI is InChI=1S/C12H27N/c1-6-9-11(7-2)12(10(4)5)13-8-3/h10-13H,6-9H2,1-5H3. The number of nitrogens with one attached hydrogen (secondary N) is 1. The van der Waals surface area contributed by atoms with E-state index in [1.54, 1.807) is 0 Å². The zero-order valence-electron chi connectivity index (χ0n) is 10.1. The van der Waals surface area contributed by atoms with E-state index >= 15 is 0 Å². The molecule has 2 unspecified atom stereocenters. The van der Waals surface area contributed by atoms with Crippen LogP contribution in [0.2, 0.25) is 0 Å². The molecule has 13 heavy (non-hydrogen) atoms. The summed E-state index contributed by atoms with van der Waals surface area (Å²) in [6.45, 7) is 12.5. The van der Waals surface area contributed by atoms with Crippen LogP contribution in [0.3, 0.4) is 0 Å². The van der Waals surface area contributed by atoms with E-state index in [9.17, 15) is 0 Å². The first-order valence-corrected chi connectivity index (χ1v) is 5.90. The predicted molar refractivity (Wildman–Crippen MR) is 61.0 cm³/mol. The highest BCUT2D eigenvalue weighted by Gasteiger charge is 2.20. The van der Waals surface area contributed by atoms with Gasteiger partial charge in [0, 0.05) is 6.04 Å². The van der Waals surface area contributed by atoms with E-state index in [0.29, 0.717) is 0 Å². The Kier molecular flexibility index (Phi) is 7.35. The minimum atomic E-state index is 0.718. The maximum atomic E-state index is 3.62. The highest BCUT2D eigenvalue weighted by molar-refractivity contribution is 4.77. The summed E-state index contributed by atoms with van der Waals surface area (Å²) in [5.74, 6) is 1.63. The van der Waals surface area contributed by atoms with Crippen molar-refractivity contribution in [3.05, 3.63) is 0 Å². The first kappa shape index (κ1) is 13.0. The molecular weight excluding hydrogens is 158 g/mol. The van der Waals surface area contributed by atoms with E-state index in [0.717, 1.165) is 24.4 Å². The van der Waals surface area contributed by atoms with Gasteiger partial charge in [-0.1, -0.05) is 47.5 Å². The fourth-order valence-electron chi connectivity index (χ4n) is 2.19. The van der Waals surface area contributed by atoms with Crippen LogP contribution < -0.4 is 5.32 Å². The van der Waals surface area contributed by atoms with Crippen LogP contribution in [0, 0.1) is 11.8 Å². The molecule has 0 aliphatic carbocycles. The van der Waals surface area contributed by atoms with E-state index < -0.39 is 0 Å². The van der Waals surface area contributed by atoms with Crippen LogP contribution in [0.15, 0.2) is 0 Å². The maximum absolute atomic E-state index is 3.62. The highest BCUT2D eigenvalue weighted by atomic mass is 14.9. The van der Waals surface area contributed by atoms with Crippen molar-refractivity contribution in [2.24, 2.45) is 11.8 Å². The molecule has 0 saturated heterocycles. The third kappa shape index (κ3) is 4.66. The third-order valence-corrected chi connectivity index (χ3v) is 2.85. The van der Waals surface area contributed by atoms with Crippen molar-refractivity contribution >= 4 is 0 Å². The van der Waals surface area contributed by atoms with Crippen molar-refractivity contribution in [2.45, 2.75) is 59.9 Å². The van der Waals surface area contributed by atoms with Crippen molar-refractivity contribution < 1.29 is 0 Å². The Balaban J connectivity index is 4.11. The summed E-state index contributed by atoms with van der Waals surface area (Å²) in [6.07, 6.45) is 3.99. The monoisotopic (exact) mass is 185 g/mol. The van der Waals surface area contributed by atoms with Gasteiger partial charge in [0.15, 0.2) is 0 Å². The van der Waals surface area contributed by atoms with Gasteiger partial charge in [0.25, 0.3) is 0 Å². The molecule has 1 heteroatoms. The summed E-state index contributed by atoms with van der Waals surface area (Å²) in [6, 6.07) is 0.718. The molecule has 0 fully saturated rings. The lowest BCUT2D eigenvalue weighted by Crippen LogP contribution is -2.40. The van der Waals surface area contributed by atoms with Gasteiger partial charge in [0.2, 0.25) is 0 Å². The molecule has 0 aliphatic heterocycles. The number of rotatable bonds is 7. The lowest BCUT2D eigenvalue weighted by molar-refractivity contribution is 0.264. The second-order valence-electron chi connectivity index (χ2n) is 4.28. The van der Waals surface area contributed by atoms with Gasteiger partial charge in [-0.3, -0.25) is 0 Å². The fraction of sp³-hybridized carbons (Fsp3) is 1.00. The quantitative estimate of drug-likeness (QED) is 0.640. The average molecular weight is 185 g/mol. The zero-order chi connectivity index (χ0) is 10.3. The summed E-state index contributed by atoms with van der Waals surface area (Å²) in [7, 11) is 0. The van der Waals surface area contributed by atoms with Crippen molar-refractivity contribution in [2.75, 3.05) is 6.54 Å². The van der Waals surface area contributed by atoms with Gasteiger partial charge in [-0.15, -0.1) is 0 Å². The molecule has 0 bridgehead atoms. The SMILES string of the molecule is CCCC(CC)C(NCC)C(C)C. The molecule has 1 nitrogen and oxygen atoms in total. The second-order valence-corrected chi connectivity index (χ2v) is 4.28. The molecular formula is C12H27N. The summed E-state index contributed by atoms with van der Waals surface area (Å²) < 4.78 is 0. The molecule has 0 aromatic rings. The fourth-order valence-corrected chi connectivity index (χ4v) is 2.19. The molecule has 2 atom stereocenters. The van der Waals surface area contributed by atoms with Gasteiger partial charge >= 0.3 is 0 Å². The van der Waals surface area contributed by atoms with Crippen LogP contribution >= 0.6 is 0 Å². The Morgan fingerprint density at radius 2 is 1.69 bits per heavy atom. The van der Waals surface area contributed by atoms with E-state index in [1.165, 1.54) is 19.3 Å². The van der Waals surface area contributed by atoms with Gasteiger partial charge in [0.05, 0.1) is 0 Å². The smallest absolute Gasteiger partial charge is 0.0118 e. The summed E-state index contributed by atoms with van der Waals surface area (Å²) in [5, 5.41) is 3.62. The number of hydrogen-bond acceptors (Lipinski definition) is 1. The summed E-state index contributed by atoms with van der Waals surface area (Å²) in [4.78, 5) is 0. The number of hydrogen-bond donors (Lipinski definition) is 1. The van der Waals surface area contributed by atoms with E-state index in [1.807, 2.05) is 0 Å². The topological polar surface area (TPSA) is 12.0 Å². The second kappa shape index (κ2) is 7.37. The Bertz CT molecular complexity index is 110. The van der Waals surface area contributed by atoms with E-state index in [2.05, 4.69) is 39.9 Å². The van der Waals surface area contributed by atoms with Gasteiger partial charge < -0.3 is 5.32 Å². The minimum absolute atomic E-state index is 0.718. The van der Waals surface area contributed by atoms with Crippen LogP contribution in [-0.4, -0.2) is 12.6 Å². The zero-order valence-corrected chi connectivity index (χ0v) is 10.1. The van der Waals surface area contributed by atoms with Crippen molar-refractivity contribution in [3.63, 3.8) is 0 Å². The van der Waals surface area contributed by atoms with Crippen LogP contribution in [0.1, 0.15) is 53.9 Å². The largest absolute Gasteiger partial charge is 0.314 e. The predicted octanol–water partition coefficient (Wildman–Crippen LogP) is 3.45. The maximum Gasteiger partial charge on any atom is 0.0118 e. The molecule has 0 aromatic carbocycles. The van der Waals surface area contributed by atoms with Gasteiger partial charge in [-0.25, -0.2) is 0 Å². The summed E-state index contributed by atoms with van der Waals surface area (Å²) in [5.41, 5.74) is 0. The van der Waals surface area contributed by atoms with Crippen molar-refractivity contribution in [1.82, 2.24) is 5.32 Å². The van der Waals surface area contributed by atoms with Crippen LogP contribution in [0.25, 0.3) is 0 Å². The normalized spacial score (nSPS) is 16.2. The first-order valence-electron chi connectivity index (χ1n) is 5.90. The van der Waals surface area contributed by atoms with Gasteiger partial charge in [-0.05, 0) is 24.8 Å². The van der Waals surface area contributed by atoms with E-state index in [-0.39, 0.29) is 0 Å². The molecule has 1 N–H and O–H groups in total. The van der Waals surface area contributed by atoms with Crippen LogP contribution in [0.4, 0.5) is 0 Å². The lowest BCUT2D eigenvalue weighted by Gasteiger charge is -2.30. The van der Waals surface area contributed by atoms with Crippen molar-refractivity contribution in [1.29, 1.82) is 0 Å². The molecule has 0 rings (SSSR count). The molecule has 0 spiro atoms. The Morgan fingerprint density at radius 1 is 1.08 bits per heavy atom. The van der Waals surface area contributed by atoms with E-state index in [4.69, 9.17) is 0 Å². The van der Waals surface area contributed by atoms with Gasteiger partial charge in [-0.2, -0.15) is 0 Å². The molecule has 80 valence electrons.